The second-order valence-corrected chi connectivity index (χ2v) is 17.9. The molecular formula is C45H50F2N10O4. The molecule has 0 spiro atoms. The maximum atomic E-state index is 15.1. The van der Waals surface area contributed by atoms with Crippen molar-refractivity contribution in [3.8, 4) is 6.07 Å². The second-order valence-electron chi connectivity index (χ2n) is 17.9. The third kappa shape index (κ3) is 7.97. The summed E-state index contributed by atoms with van der Waals surface area (Å²) in [5, 5.41) is 35.7. The van der Waals surface area contributed by atoms with Gasteiger partial charge in [-0.2, -0.15) is 15.5 Å². The highest BCUT2D eigenvalue weighted by molar-refractivity contribution is 6.05. The predicted molar refractivity (Wildman–Crippen MR) is 224 cm³/mol. The van der Waals surface area contributed by atoms with Gasteiger partial charge >= 0.3 is 0 Å². The van der Waals surface area contributed by atoms with Crippen molar-refractivity contribution >= 4 is 45.5 Å². The molecule has 0 radical (unpaired) electrons. The number of hydrogen-bond donors (Lipinski definition) is 3. The lowest BCUT2D eigenvalue weighted by atomic mass is 9.88. The number of fused-ring (bicyclic) bond motifs is 2. The fourth-order valence-electron chi connectivity index (χ4n) is 10.0. The lowest BCUT2D eigenvalue weighted by molar-refractivity contribution is -0.134. The van der Waals surface area contributed by atoms with E-state index in [9.17, 15) is 24.8 Å². The number of anilines is 2. The van der Waals surface area contributed by atoms with Crippen molar-refractivity contribution < 1.29 is 28.3 Å². The molecule has 1 saturated carbocycles. The average Bonchev–Trinajstić information content (AvgIpc) is 3.83. The number of rotatable bonds is 9. The summed E-state index contributed by atoms with van der Waals surface area (Å²) in [7, 11) is 0. The summed E-state index contributed by atoms with van der Waals surface area (Å²) < 4.78 is 33.8. The molecule has 3 amide bonds. The monoisotopic (exact) mass is 832 g/mol. The van der Waals surface area contributed by atoms with Crippen LogP contribution in [0.15, 0.2) is 54.9 Å². The first-order valence-corrected chi connectivity index (χ1v) is 21.2. The summed E-state index contributed by atoms with van der Waals surface area (Å²) in [6.45, 7) is 10.9. The number of nitriles is 1. The predicted octanol–water partition coefficient (Wildman–Crippen LogP) is 5.46. The first-order chi connectivity index (χ1) is 29.2. The molecule has 6 heterocycles. The van der Waals surface area contributed by atoms with Crippen LogP contribution in [0.2, 0.25) is 0 Å². The van der Waals surface area contributed by atoms with E-state index in [0.717, 1.165) is 62.8 Å². The molecule has 2 aromatic carbocycles. The smallest absolute Gasteiger partial charge is 0.274 e. The highest BCUT2D eigenvalue weighted by Gasteiger charge is 2.37. The molecule has 3 aromatic heterocycles. The third-order valence-corrected chi connectivity index (χ3v) is 13.2. The molecule has 318 valence electrons. The van der Waals surface area contributed by atoms with E-state index in [0.29, 0.717) is 64.8 Å². The summed E-state index contributed by atoms with van der Waals surface area (Å²) in [6, 6.07) is 14.6. The van der Waals surface area contributed by atoms with Crippen molar-refractivity contribution in [3.05, 3.63) is 88.9 Å². The molecule has 9 rings (SSSR count). The standard InChI is InChI=1S/C45H50F2N10O4/c1-26-21-53(22-28-23-54(24-28)33-16-36(46)42(37(47)17-33)34-9-11-41(58)51-43(34)59)12-13-55(26)30-4-6-31(7-5-30)56-25-29-15-39(35(45(2,3)61)18-38(29)52-56)50-44(60)40-10-8-32-14-27(19-48)20-49-57(32)40/h8,10,14-18,20,25-26,28,30-31,34,61H,4-7,9,11-13,21-24H2,1-3H3,(H,50,60)(H,51,58,59)/t26-,30?,31?,34-/m1/s1. The molecule has 3 saturated heterocycles. The minimum absolute atomic E-state index is 0.0595. The molecule has 16 heteroatoms. The third-order valence-electron chi connectivity index (χ3n) is 13.2. The van der Waals surface area contributed by atoms with Crippen LogP contribution in [0.25, 0.3) is 16.4 Å². The number of hydrogen-bond acceptors (Lipinski definition) is 10. The minimum Gasteiger partial charge on any atom is -0.386 e. The largest absolute Gasteiger partial charge is 0.386 e. The van der Waals surface area contributed by atoms with Crippen LogP contribution in [0.5, 0.6) is 0 Å². The van der Waals surface area contributed by atoms with E-state index in [1.54, 1.807) is 32.0 Å². The zero-order valence-corrected chi connectivity index (χ0v) is 34.6. The van der Waals surface area contributed by atoms with Gasteiger partial charge in [-0.25, -0.2) is 13.3 Å². The number of amides is 3. The summed E-state index contributed by atoms with van der Waals surface area (Å²) in [5.74, 6) is -3.57. The van der Waals surface area contributed by atoms with Gasteiger partial charge in [-0.05, 0) is 95.3 Å². The first kappa shape index (κ1) is 40.6. The number of carbonyl (C=O) groups is 3. The Morgan fingerprint density at radius 3 is 2.43 bits per heavy atom. The zero-order chi connectivity index (χ0) is 42.7. The molecule has 4 fully saturated rings. The van der Waals surface area contributed by atoms with Crippen LogP contribution >= 0.6 is 0 Å². The van der Waals surface area contributed by atoms with Crippen LogP contribution in [0.3, 0.4) is 0 Å². The molecule has 2 atom stereocenters. The van der Waals surface area contributed by atoms with Gasteiger partial charge < -0.3 is 20.2 Å². The van der Waals surface area contributed by atoms with E-state index in [1.165, 1.54) is 22.8 Å². The Hall–Kier alpha value is -5.76. The van der Waals surface area contributed by atoms with Gasteiger partial charge in [0.25, 0.3) is 5.91 Å². The Balaban J connectivity index is 0.780. The zero-order valence-electron chi connectivity index (χ0n) is 34.6. The van der Waals surface area contributed by atoms with Gasteiger partial charge in [0, 0.05) is 97.8 Å². The van der Waals surface area contributed by atoms with Crippen LogP contribution in [0.1, 0.15) is 98.4 Å². The van der Waals surface area contributed by atoms with Crippen molar-refractivity contribution in [2.45, 2.75) is 88.9 Å². The summed E-state index contributed by atoms with van der Waals surface area (Å²) in [5.41, 5.74) is 2.08. The number of carbonyl (C=O) groups excluding carboxylic acids is 3. The van der Waals surface area contributed by atoms with Gasteiger partial charge in [0.15, 0.2) is 0 Å². The van der Waals surface area contributed by atoms with E-state index in [1.807, 2.05) is 23.2 Å². The van der Waals surface area contributed by atoms with E-state index >= 15 is 8.78 Å². The van der Waals surface area contributed by atoms with Gasteiger partial charge in [0.2, 0.25) is 11.8 Å². The van der Waals surface area contributed by atoms with Gasteiger partial charge in [0.05, 0.1) is 40.4 Å². The molecular weight excluding hydrogens is 783 g/mol. The maximum absolute atomic E-state index is 15.1. The molecule has 0 bridgehead atoms. The molecule has 3 aliphatic heterocycles. The van der Waals surface area contributed by atoms with Gasteiger partial charge in [-0.15, -0.1) is 0 Å². The van der Waals surface area contributed by atoms with E-state index in [-0.39, 0.29) is 30.4 Å². The van der Waals surface area contributed by atoms with Crippen molar-refractivity contribution in [1.82, 2.24) is 34.5 Å². The topological polar surface area (TPSA) is 164 Å². The Morgan fingerprint density at radius 1 is 1.00 bits per heavy atom. The maximum Gasteiger partial charge on any atom is 0.274 e. The first-order valence-electron chi connectivity index (χ1n) is 21.2. The number of imide groups is 1. The minimum atomic E-state index is -1.25. The number of nitrogens with one attached hydrogen (secondary N) is 2. The van der Waals surface area contributed by atoms with E-state index < -0.39 is 35.0 Å². The lowest BCUT2D eigenvalue weighted by Crippen LogP contribution is -2.59. The Labute approximate surface area is 352 Å². The Bertz CT molecular complexity index is 2560. The quantitative estimate of drug-likeness (QED) is 0.163. The fraction of sp³-hybridized carbons (Fsp3) is 0.467. The SMILES string of the molecule is C[C@@H]1CN(CC2CN(c3cc(F)c([C@H]4CCC(=O)NC4=O)c(F)c3)C2)CCN1C1CCC(n2cc3cc(NC(=O)c4ccc5cc(C#N)cnn45)c(C(C)(C)O)cc3n2)CC1. The normalized spacial score (nSPS) is 23.3. The van der Waals surface area contributed by atoms with Crippen LogP contribution in [0.4, 0.5) is 20.2 Å². The number of benzene rings is 2. The molecule has 0 unspecified atom stereocenters. The van der Waals surface area contributed by atoms with Gasteiger partial charge in [-0.3, -0.25) is 29.3 Å². The van der Waals surface area contributed by atoms with Crippen LogP contribution in [-0.4, -0.2) is 103 Å². The number of piperazine rings is 1. The Kier molecular flexibility index (Phi) is 10.6. The van der Waals surface area contributed by atoms with Crippen molar-refractivity contribution in [2.24, 2.45) is 5.92 Å². The molecule has 61 heavy (non-hydrogen) atoms. The molecule has 4 aliphatic rings. The van der Waals surface area contributed by atoms with Crippen LogP contribution in [-0.2, 0) is 15.2 Å². The van der Waals surface area contributed by atoms with Crippen molar-refractivity contribution in [1.29, 1.82) is 5.26 Å². The summed E-state index contributed by atoms with van der Waals surface area (Å²) in [4.78, 5) is 44.5. The van der Waals surface area contributed by atoms with Gasteiger partial charge in [-0.1, -0.05) is 0 Å². The lowest BCUT2D eigenvalue weighted by Gasteiger charge is -2.48. The highest BCUT2D eigenvalue weighted by Crippen LogP contribution is 2.38. The van der Waals surface area contributed by atoms with Crippen LogP contribution < -0.4 is 15.5 Å². The fourth-order valence-corrected chi connectivity index (χ4v) is 10.0. The molecule has 1 aliphatic carbocycles. The van der Waals surface area contributed by atoms with E-state index in [4.69, 9.17) is 5.10 Å². The number of piperidine rings is 1. The summed E-state index contributed by atoms with van der Waals surface area (Å²) >= 11 is 0. The molecule has 14 nitrogen and oxygen atoms in total. The summed E-state index contributed by atoms with van der Waals surface area (Å²) in [6.07, 6.45) is 7.71. The number of aromatic nitrogens is 4. The number of aliphatic hydroxyl groups is 1. The highest BCUT2D eigenvalue weighted by atomic mass is 19.1. The molecule has 3 N–H and O–H groups in total. The Morgan fingerprint density at radius 2 is 1.74 bits per heavy atom. The van der Waals surface area contributed by atoms with Crippen molar-refractivity contribution in [2.75, 3.05) is 49.5 Å². The van der Waals surface area contributed by atoms with E-state index in [2.05, 4.69) is 43.2 Å². The number of halogens is 2. The average molecular weight is 833 g/mol. The van der Waals surface area contributed by atoms with Crippen LogP contribution in [0, 0.1) is 28.9 Å². The number of nitrogens with zero attached hydrogens (tertiary/aromatic N) is 8. The molecule has 5 aromatic rings. The second kappa shape index (κ2) is 15.9. The van der Waals surface area contributed by atoms with Crippen molar-refractivity contribution in [3.63, 3.8) is 0 Å². The van der Waals surface area contributed by atoms with Gasteiger partial charge in [0.1, 0.15) is 23.4 Å².